The summed E-state index contributed by atoms with van der Waals surface area (Å²) >= 11 is 0. The van der Waals surface area contributed by atoms with Crippen molar-refractivity contribution in [2.75, 3.05) is 32.1 Å². The molecule has 0 amide bonds. The molecule has 1 aliphatic heterocycles. The quantitative estimate of drug-likeness (QED) is 0.855. The van der Waals surface area contributed by atoms with Crippen LogP contribution in [0.25, 0.3) is 0 Å². The van der Waals surface area contributed by atoms with Crippen LogP contribution in [0, 0.1) is 5.92 Å². The Morgan fingerprint density at radius 3 is 2.81 bits per heavy atom. The topological polar surface area (TPSA) is 19.4 Å². The van der Waals surface area contributed by atoms with E-state index in [0.717, 1.165) is 17.8 Å². The zero-order valence-corrected chi connectivity index (χ0v) is 14.3. The Labute approximate surface area is 135 Å². The molecule has 1 aromatic rings. The van der Waals surface area contributed by atoms with E-state index in [1.54, 1.807) is 0 Å². The van der Waals surface area contributed by atoms with Gasteiger partial charge in [0.1, 0.15) is 5.82 Å². The monoisotopic (exact) mass is 309 g/mol. The third kappa shape index (κ3) is 3.35. The van der Waals surface area contributed by atoms with E-state index in [1.807, 2.05) is 0 Å². The summed E-state index contributed by atoms with van der Waals surface area (Å²) in [7, 11) is 4.15. The van der Waals surface area contributed by atoms with Gasteiger partial charge in [0, 0.05) is 25.8 Å². The normalized spacial score (nSPS) is 24.7. The molecule has 2 atom stereocenters. The Kier molecular flexibility index (Phi) is 5.50. The Morgan fingerprint density at radius 1 is 1.29 bits per heavy atom. The fraction of sp³-hybridized carbons (Fsp3) is 0.706. The third-order valence-corrected chi connectivity index (χ3v) is 4.94. The number of likely N-dealkylation sites (tertiary alicyclic amines) is 1. The molecule has 21 heavy (non-hydrogen) atoms. The molecule has 0 aromatic carbocycles. The van der Waals surface area contributed by atoms with Gasteiger partial charge in [0.05, 0.1) is 0 Å². The zero-order valence-electron chi connectivity index (χ0n) is 13.5. The Hall–Kier alpha value is -0.800. The van der Waals surface area contributed by atoms with E-state index in [0.29, 0.717) is 0 Å². The second kappa shape index (κ2) is 6.97. The number of hydrogen-bond donors (Lipinski definition) is 0. The van der Waals surface area contributed by atoms with E-state index in [1.165, 1.54) is 56.5 Å². The van der Waals surface area contributed by atoms with Crippen LogP contribution in [0.1, 0.15) is 37.4 Å². The molecule has 1 saturated heterocycles. The minimum atomic E-state index is 0. The SMILES string of the molecule is CCCN1CCC[C@H]2Cc3nc(N(C)C)ccc3C[C@@H]21.Cl. The first kappa shape index (κ1) is 16.6. The summed E-state index contributed by atoms with van der Waals surface area (Å²) in [5, 5.41) is 0. The van der Waals surface area contributed by atoms with Crippen molar-refractivity contribution in [3.05, 3.63) is 23.4 Å². The molecule has 2 aliphatic rings. The van der Waals surface area contributed by atoms with Crippen LogP contribution in [0.5, 0.6) is 0 Å². The number of piperidine rings is 1. The van der Waals surface area contributed by atoms with Crippen LogP contribution < -0.4 is 4.90 Å². The summed E-state index contributed by atoms with van der Waals surface area (Å²) < 4.78 is 0. The van der Waals surface area contributed by atoms with Crippen LogP contribution in [-0.2, 0) is 12.8 Å². The van der Waals surface area contributed by atoms with Crippen molar-refractivity contribution in [1.82, 2.24) is 9.88 Å². The number of hydrogen-bond acceptors (Lipinski definition) is 3. The van der Waals surface area contributed by atoms with Gasteiger partial charge in [-0.3, -0.25) is 4.90 Å². The highest BCUT2D eigenvalue weighted by Crippen LogP contribution is 2.35. The summed E-state index contributed by atoms with van der Waals surface area (Å²) in [6.45, 7) is 4.86. The summed E-state index contributed by atoms with van der Waals surface area (Å²) in [6, 6.07) is 5.25. The number of rotatable bonds is 3. The molecule has 0 bridgehead atoms. The minimum absolute atomic E-state index is 0. The second-order valence-corrected chi connectivity index (χ2v) is 6.58. The largest absolute Gasteiger partial charge is 0.363 e. The molecule has 0 spiro atoms. The fourth-order valence-corrected chi connectivity index (χ4v) is 3.92. The van der Waals surface area contributed by atoms with Gasteiger partial charge in [0.15, 0.2) is 0 Å². The molecule has 1 aromatic heterocycles. The summed E-state index contributed by atoms with van der Waals surface area (Å²) in [6.07, 6.45) is 6.42. The third-order valence-electron chi connectivity index (χ3n) is 4.94. The second-order valence-electron chi connectivity index (χ2n) is 6.58. The molecule has 118 valence electrons. The summed E-state index contributed by atoms with van der Waals surface area (Å²) in [5.41, 5.74) is 2.84. The van der Waals surface area contributed by atoms with Gasteiger partial charge in [0.2, 0.25) is 0 Å². The maximum Gasteiger partial charge on any atom is 0.128 e. The van der Waals surface area contributed by atoms with E-state index >= 15 is 0 Å². The lowest BCUT2D eigenvalue weighted by atomic mass is 9.77. The molecule has 0 unspecified atom stereocenters. The molecule has 1 aliphatic carbocycles. The maximum atomic E-state index is 4.88. The smallest absolute Gasteiger partial charge is 0.128 e. The van der Waals surface area contributed by atoms with Crippen molar-refractivity contribution in [2.45, 2.75) is 45.1 Å². The van der Waals surface area contributed by atoms with Gasteiger partial charge >= 0.3 is 0 Å². The highest BCUT2D eigenvalue weighted by Gasteiger charge is 2.35. The Balaban J connectivity index is 0.00000161. The number of fused-ring (bicyclic) bond motifs is 2. The predicted molar refractivity (Wildman–Crippen MR) is 91.6 cm³/mol. The van der Waals surface area contributed by atoms with Gasteiger partial charge in [-0.25, -0.2) is 4.98 Å². The number of pyridine rings is 1. The average molecular weight is 310 g/mol. The molecule has 4 heteroatoms. The number of aromatic nitrogens is 1. The van der Waals surface area contributed by atoms with Gasteiger partial charge in [-0.05, 0) is 62.7 Å². The van der Waals surface area contributed by atoms with E-state index in [4.69, 9.17) is 4.98 Å². The van der Waals surface area contributed by atoms with Crippen molar-refractivity contribution in [2.24, 2.45) is 5.92 Å². The van der Waals surface area contributed by atoms with E-state index in [2.05, 4.69) is 43.0 Å². The lowest BCUT2D eigenvalue weighted by Gasteiger charge is -2.44. The van der Waals surface area contributed by atoms with Crippen LogP contribution in [0.4, 0.5) is 5.82 Å². The molecular formula is C17H28ClN3. The van der Waals surface area contributed by atoms with Crippen molar-refractivity contribution < 1.29 is 0 Å². The standard InChI is InChI=1S/C17H27N3.ClH/c1-4-9-20-10-5-6-14-11-15-13(12-16(14)20)7-8-17(18-15)19(2)3;/h7-8,14,16H,4-6,9-12H2,1-3H3;1H/t14-,16-;/m0./s1. The first-order chi connectivity index (χ1) is 9.69. The summed E-state index contributed by atoms with van der Waals surface area (Å²) in [4.78, 5) is 9.72. The number of halogens is 1. The lowest BCUT2D eigenvalue weighted by Crippen LogP contribution is -2.49. The van der Waals surface area contributed by atoms with Crippen molar-refractivity contribution in [1.29, 1.82) is 0 Å². The molecule has 0 radical (unpaired) electrons. The molecular weight excluding hydrogens is 282 g/mol. The number of nitrogens with zero attached hydrogens (tertiary/aromatic N) is 3. The Bertz CT molecular complexity index is 473. The van der Waals surface area contributed by atoms with Crippen molar-refractivity contribution >= 4 is 18.2 Å². The van der Waals surface area contributed by atoms with Crippen LogP contribution in [-0.4, -0.2) is 43.1 Å². The predicted octanol–water partition coefficient (Wildman–Crippen LogP) is 3.16. The van der Waals surface area contributed by atoms with Crippen LogP contribution in [0.2, 0.25) is 0 Å². The van der Waals surface area contributed by atoms with Crippen LogP contribution in [0.3, 0.4) is 0 Å². The fourth-order valence-electron chi connectivity index (χ4n) is 3.92. The highest BCUT2D eigenvalue weighted by molar-refractivity contribution is 5.85. The van der Waals surface area contributed by atoms with Gasteiger partial charge in [-0.2, -0.15) is 0 Å². The van der Waals surface area contributed by atoms with E-state index in [-0.39, 0.29) is 12.4 Å². The van der Waals surface area contributed by atoms with Crippen molar-refractivity contribution in [3.63, 3.8) is 0 Å². The van der Waals surface area contributed by atoms with E-state index < -0.39 is 0 Å². The van der Waals surface area contributed by atoms with Gasteiger partial charge in [-0.15, -0.1) is 12.4 Å². The lowest BCUT2D eigenvalue weighted by molar-refractivity contribution is 0.0846. The molecule has 0 N–H and O–H groups in total. The van der Waals surface area contributed by atoms with Gasteiger partial charge in [-0.1, -0.05) is 13.0 Å². The zero-order chi connectivity index (χ0) is 14.1. The average Bonchev–Trinajstić information content (AvgIpc) is 2.45. The number of anilines is 1. The van der Waals surface area contributed by atoms with E-state index in [9.17, 15) is 0 Å². The van der Waals surface area contributed by atoms with Gasteiger partial charge in [0.25, 0.3) is 0 Å². The first-order valence-electron chi connectivity index (χ1n) is 8.09. The summed E-state index contributed by atoms with van der Waals surface area (Å²) in [5.74, 6) is 1.93. The maximum absolute atomic E-state index is 4.88. The Morgan fingerprint density at radius 2 is 2.10 bits per heavy atom. The van der Waals surface area contributed by atoms with Gasteiger partial charge < -0.3 is 4.90 Å². The highest BCUT2D eigenvalue weighted by atomic mass is 35.5. The first-order valence-corrected chi connectivity index (χ1v) is 8.09. The molecule has 3 rings (SSSR count). The molecule has 0 saturated carbocycles. The van der Waals surface area contributed by atoms with Crippen LogP contribution >= 0.6 is 12.4 Å². The van der Waals surface area contributed by atoms with Crippen LogP contribution in [0.15, 0.2) is 12.1 Å². The molecule has 3 nitrogen and oxygen atoms in total. The van der Waals surface area contributed by atoms with Crippen molar-refractivity contribution in [3.8, 4) is 0 Å². The molecule has 1 fully saturated rings. The minimum Gasteiger partial charge on any atom is -0.363 e. The molecule has 2 heterocycles.